The quantitative estimate of drug-likeness (QED) is 0.226. The number of halogens is 2. The van der Waals surface area contributed by atoms with Crippen molar-refractivity contribution >= 4 is 41.5 Å². The van der Waals surface area contributed by atoms with E-state index in [4.69, 9.17) is 16.0 Å². The van der Waals surface area contributed by atoms with Gasteiger partial charge in [0, 0.05) is 18.1 Å². The van der Waals surface area contributed by atoms with Crippen LogP contribution in [0.4, 0.5) is 0 Å². The number of benzene rings is 1. The van der Waals surface area contributed by atoms with E-state index in [0.717, 1.165) is 31.0 Å². The van der Waals surface area contributed by atoms with Crippen LogP contribution in [0.25, 0.3) is 0 Å². The number of hydrogen-bond acceptors (Lipinski definition) is 3. The highest BCUT2D eigenvalue weighted by atomic mass is 127. The molecule has 1 heterocycles. The number of furan rings is 1. The van der Waals surface area contributed by atoms with Crippen LogP contribution in [0.1, 0.15) is 31.6 Å². The third-order valence-electron chi connectivity index (χ3n) is 3.79. The minimum absolute atomic E-state index is 0. The lowest BCUT2D eigenvalue weighted by molar-refractivity contribution is 0.0437. The number of nitrogens with one attached hydrogen (secondary N) is 2. The van der Waals surface area contributed by atoms with Gasteiger partial charge >= 0.3 is 0 Å². The van der Waals surface area contributed by atoms with E-state index in [-0.39, 0.29) is 30.5 Å². The first-order chi connectivity index (χ1) is 12.0. The van der Waals surface area contributed by atoms with E-state index in [1.165, 1.54) is 5.56 Å². The van der Waals surface area contributed by atoms with E-state index >= 15 is 0 Å². The number of rotatable bonds is 8. The van der Waals surface area contributed by atoms with Gasteiger partial charge in [0.05, 0.1) is 12.8 Å². The molecule has 1 aromatic carbocycles. The van der Waals surface area contributed by atoms with Crippen LogP contribution >= 0.6 is 35.6 Å². The van der Waals surface area contributed by atoms with Crippen molar-refractivity contribution in [2.24, 2.45) is 4.99 Å². The predicted octanol–water partition coefficient (Wildman–Crippen LogP) is 3.95. The fourth-order valence-corrected chi connectivity index (χ4v) is 2.51. The molecule has 0 aliphatic heterocycles. The Morgan fingerprint density at radius 3 is 2.58 bits per heavy atom. The first kappa shape index (κ1) is 22.8. The highest BCUT2D eigenvalue weighted by molar-refractivity contribution is 14.0. The monoisotopic (exact) mass is 491 g/mol. The smallest absolute Gasteiger partial charge is 0.191 e. The molecule has 1 atom stereocenters. The molecule has 0 saturated heterocycles. The predicted molar refractivity (Wildman–Crippen MR) is 117 cm³/mol. The van der Waals surface area contributed by atoms with Crippen molar-refractivity contribution in [1.82, 2.24) is 10.6 Å². The van der Waals surface area contributed by atoms with Crippen LogP contribution in [0, 0.1) is 0 Å². The number of aliphatic imine (C=N–C) groups is 1. The van der Waals surface area contributed by atoms with Crippen molar-refractivity contribution in [1.29, 1.82) is 0 Å². The van der Waals surface area contributed by atoms with Crippen LogP contribution in [0.5, 0.6) is 0 Å². The highest BCUT2D eigenvalue weighted by Gasteiger charge is 2.25. The summed E-state index contributed by atoms with van der Waals surface area (Å²) in [6.07, 6.45) is 3.49. The zero-order valence-corrected chi connectivity index (χ0v) is 18.3. The van der Waals surface area contributed by atoms with Crippen LogP contribution in [-0.4, -0.2) is 30.7 Å². The molecule has 0 saturated carbocycles. The maximum absolute atomic E-state index is 10.5. The molecular formula is C19H27ClIN3O2. The molecule has 3 N–H and O–H groups in total. The largest absolute Gasteiger partial charge is 0.466 e. The number of aryl methyl sites for hydroxylation is 1. The van der Waals surface area contributed by atoms with Gasteiger partial charge < -0.3 is 20.2 Å². The Balaban J connectivity index is 0.00000338. The van der Waals surface area contributed by atoms with Crippen LogP contribution < -0.4 is 10.6 Å². The van der Waals surface area contributed by atoms with E-state index in [1.54, 1.807) is 25.3 Å². The lowest BCUT2D eigenvalue weighted by Gasteiger charge is -2.19. The zero-order valence-electron chi connectivity index (χ0n) is 15.2. The maximum Gasteiger partial charge on any atom is 0.191 e. The summed E-state index contributed by atoms with van der Waals surface area (Å²) in [5.74, 6) is 1.19. The second kappa shape index (κ2) is 11.5. The second-order valence-electron chi connectivity index (χ2n) is 6.10. The van der Waals surface area contributed by atoms with Gasteiger partial charge in [0.2, 0.25) is 0 Å². The Kier molecular flexibility index (Phi) is 10.0. The molecule has 0 fully saturated rings. The van der Waals surface area contributed by atoms with Gasteiger partial charge in [-0.25, -0.2) is 4.99 Å². The van der Waals surface area contributed by atoms with Gasteiger partial charge in [-0.3, -0.25) is 0 Å². The summed E-state index contributed by atoms with van der Waals surface area (Å²) in [6.45, 7) is 5.46. The van der Waals surface area contributed by atoms with Crippen LogP contribution in [0.15, 0.2) is 52.1 Å². The molecule has 1 aromatic heterocycles. The van der Waals surface area contributed by atoms with Crippen LogP contribution in [0.3, 0.4) is 0 Å². The van der Waals surface area contributed by atoms with Crippen molar-refractivity contribution in [2.45, 2.75) is 32.3 Å². The first-order valence-corrected chi connectivity index (χ1v) is 8.92. The average Bonchev–Trinajstić information content (AvgIpc) is 3.13. The molecule has 5 nitrogen and oxygen atoms in total. The normalized spacial score (nSPS) is 13.6. The lowest BCUT2D eigenvalue weighted by Crippen LogP contribution is -2.39. The summed E-state index contributed by atoms with van der Waals surface area (Å²) in [6, 6.07) is 11.4. The highest BCUT2D eigenvalue weighted by Crippen LogP contribution is 2.21. The molecule has 2 aromatic rings. The van der Waals surface area contributed by atoms with Gasteiger partial charge in [-0.1, -0.05) is 23.7 Å². The van der Waals surface area contributed by atoms with E-state index in [9.17, 15) is 5.11 Å². The summed E-state index contributed by atoms with van der Waals surface area (Å²) < 4.78 is 5.28. The lowest BCUT2D eigenvalue weighted by atomic mass is 10.0. The molecule has 0 bridgehead atoms. The Morgan fingerprint density at radius 2 is 1.96 bits per heavy atom. The van der Waals surface area contributed by atoms with E-state index in [0.29, 0.717) is 11.7 Å². The van der Waals surface area contributed by atoms with E-state index < -0.39 is 5.60 Å². The van der Waals surface area contributed by atoms with Gasteiger partial charge in [-0.15, -0.1) is 24.0 Å². The summed E-state index contributed by atoms with van der Waals surface area (Å²) in [5, 5.41) is 17.7. The molecule has 2 rings (SSSR count). The van der Waals surface area contributed by atoms with E-state index in [2.05, 4.69) is 15.6 Å². The minimum atomic E-state index is -1.13. The van der Waals surface area contributed by atoms with Crippen LogP contribution in [-0.2, 0) is 12.0 Å². The molecule has 7 heteroatoms. The fourth-order valence-electron chi connectivity index (χ4n) is 2.39. The third-order valence-corrected chi connectivity index (χ3v) is 4.04. The molecule has 144 valence electrons. The molecule has 26 heavy (non-hydrogen) atoms. The SMILES string of the molecule is CCNC(=NCC(C)(O)c1ccco1)NCCCc1ccc(Cl)cc1.I. The summed E-state index contributed by atoms with van der Waals surface area (Å²) in [4.78, 5) is 4.46. The van der Waals surface area contributed by atoms with Gasteiger partial charge in [0.1, 0.15) is 11.4 Å². The molecule has 0 aliphatic rings. The van der Waals surface area contributed by atoms with E-state index in [1.807, 2.05) is 31.2 Å². The topological polar surface area (TPSA) is 69.8 Å². The molecule has 0 amide bonds. The molecule has 0 spiro atoms. The Hall–Kier alpha value is -1.25. The number of aliphatic hydroxyl groups is 1. The van der Waals surface area contributed by atoms with Crippen molar-refractivity contribution in [3.63, 3.8) is 0 Å². The van der Waals surface area contributed by atoms with Gasteiger partial charge in [-0.2, -0.15) is 0 Å². The summed E-state index contributed by atoms with van der Waals surface area (Å²) in [7, 11) is 0. The van der Waals surface area contributed by atoms with Crippen LogP contribution in [0.2, 0.25) is 5.02 Å². The fraction of sp³-hybridized carbons (Fsp3) is 0.421. The number of hydrogen-bond donors (Lipinski definition) is 3. The molecule has 0 radical (unpaired) electrons. The Bertz CT molecular complexity index is 658. The molecule has 1 unspecified atom stereocenters. The summed E-state index contributed by atoms with van der Waals surface area (Å²) in [5.41, 5.74) is 0.128. The average molecular weight is 492 g/mol. The number of nitrogens with zero attached hydrogens (tertiary/aromatic N) is 1. The zero-order chi connectivity index (χ0) is 18.1. The Morgan fingerprint density at radius 1 is 1.23 bits per heavy atom. The van der Waals surface area contributed by atoms with Crippen molar-refractivity contribution < 1.29 is 9.52 Å². The van der Waals surface area contributed by atoms with Crippen molar-refractivity contribution in [3.05, 3.63) is 59.0 Å². The molecular weight excluding hydrogens is 465 g/mol. The van der Waals surface area contributed by atoms with Crippen molar-refractivity contribution in [2.75, 3.05) is 19.6 Å². The van der Waals surface area contributed by atoms with Gasteiger partial charge in [-0.05, 0) is 56.5 Å². The van der Waals surface area contributed by atoms with Gasteiger partial charge in [0.15, 0.2) is 5.96 Å². The first-order valence-electron chi connectivity index (χ1n) is 8.54. The third kappa shape index (κ3) is 7.55. The minimum Gasteiger partial charge on any atom is -0.466 e. The molecule has 0 aliphatic carbocycles. The maximum atomic E-state index is 10.5. The summed E-state index contributed by atoms with van der Waals surface area (Å²) >= 11 is 5.89. The second-order valence-corrected chi connectivity index (χ2v) is 6.54. The standard InChI is InChI=1S/C19H26ClN3O2.HI/c1-3-21-18(23-14-19(2,24)17-7-5-13-25-17)22-12-4-6-15-8-10-16(20)11-9-15;/h5,7-11,13,24H,3-4,6,12,14H2,1-2H3,(H2,21,22,23);1H. The number of guanidine groups is 1. The Labute approximate surface area is 177 Å². The van der Waals surface area contributed by atoms with Gasteiger partial charge in [0.25, 0.3) is 0 Å². The van der Waals surface area contributed by atoms with Crippen molar-refractivity contribution in [3.8, 4) is 0 Å².